The lowest BCUT2D eigenvalue weighted by Crippen LogP contribution is -2.20. The fraction of sp³-hybridized carbons (Fsp3) is 0.143. The third-order valence-corrected chi connectivity index (χ3v) is 3.44. The molecule has 0 saturated carbocycles. The number of H-pyrrole nitrogens is 1. The van der Waals surface area contributed by atoms with E-state index in [9.17, 15) is 4.79 Å². The number of hydrogen-bond donors (Lipinski definition) is 2. The van der Waals surface area contributed by atoms with E-state index in [2.05, 4.69) is 25.3 Å². The summed E-state index contributed by atoms with van der Waals surface area (Å²) in [6.45, 7) is 1.82. The molecule has 7 heteroatoms. The number of aromatic nitrogens is 4. The number of carbonyl (C=O) groups is 1. The van der Waals surface area contributed by atoms with E-state index in [1.807, 2.05) is 37.3 Å². The minimum Gasteiger partial charge on any atom is -0.341 e. The highest BCUT2D eigenvalue weighted by molar-refractivity contribution is 6.33. The van der Waals surface area contributed by atoms with E-state index in [1.54, 1.807) is 0 Å². The molecule has 0 spiro atoms. The number of amides is 1. The zero-order valence-corrected chi connectivity index (χ0v) is 11.9. The lowest BCUT2D eigenvalue weighted by atomic mass is 10.0. The summed E-state index contributed by atoms with van der Waals surface area (Å²) in [5, 5.41) is 2.89. The van der Waals surface area contributed by atoms with Crippen molar-refractivity contribution in [2.45, 2.75) is 12.8 Å². The maximum absolute atomic E-state index is 12.2. The highest BCUT2D eigenvalue weighted by atomic mass is 35.5. The van der Waals surface area contributed by atoms with Gasteiger partial charge in [0.25, 0.3) is 0 Å². The summed E-state index contributed by atoms with van der Waals surface area (Å²) in [5.74, 6) is -0.372. The molecule has 1 aromatic carbocycles. The molecule has 0 saturated heterocycles. The third kappa shape index (κ3) is 2.71. The van der Waals surface area contributed by atoms with Gasteiger partial charge in [-0.15, -0.1) is 0 Å². The Kier molecular flexibility index (Phi) is 3.53. The summed E-state index contributed by atoms with van der Waals surface area (Å²) < 4.78 is 0. The van der Waals surface area contributed by atoms with Gasteiger partial charge in [0.05, 0.1) is 12.2 Å². The molecule has 106 valence electrons. The molecule has 2 aromatic heterocycles. The summed E-state index contributed by atoms with van der Waals surface area (Å²) in [7, 11) is 0. The van der Waals surface area contributed by atoms with Crippen molar-refractivity contribution >= 4 is 34.6 Å². The Bertz CT molecular complexity index is 786. The molecular weight excluding hydrogens is 290 g/mol. The lowest BCUT2D eigenvalue weighted by Gasteiger charge is -2.11. The van der Waals surface area contributed by atoms with Crippen LogP contribution in [0.5, 0.6) is 0 Å². The molecule has 1 amide bonds. The molecule has 0 radical (unpaired) electrons. The van der Waals surface area contributed by atoms with Gasteiger partial charge < -0.3 is 4.98 Å². The summed E-state index contributed by atoms with van der Waals surface area (Å²) in [6.07, 6.45) is 1.48. The van der Waals surface area contributed by atoms with Crippen molar-refractivity contribution in [3.8, 4) is 0 Å². The first kappa shape index (κ1) is 13.5. The average molecular weight is 302 g/mol. The molecule has 1 unspecified atom stereocenters. The van der Waals surface area contributed by atoms with Crippen LogP contribution in [-0.4, -0.2) is 25.8 Å². The molecular formula is C14H12ClN5O. The number of carbonyl (C=O) groups excluding carboxylic acids is 1. The molecule has 0 aliphatic carbocycles. The first-order valence-corrected chi connectivity index (χ1v) is 6.75. The van der Waals surface area contributed by atoms with Crippen molar-refractivity contribution in [1.82, 2.24) is 19.9 Å². The number of imidazole rings is 1. The van der Waals surface area contributed by atoms with Crippen LogP contribution >= 0.6 is 11.6 Å². The van der Waals surface area contributed by atoms with Gasteiger partial charge in [0, 0.05) is 0 Å². The van der Waals surface area contributed by atoms with Crippen LogP contribution in [0.2, 0.25) is 5.15 Å². The minimum absolute atomic E-state index is 0.146. The number of fused-ring (bicyclic) bond motifs is 1. The fourth-order valence-electron chi connectivity index (χ4n) is 1.97. The van der Waals surface area contributed by atoms with Gasteiger partial charge in [0.15, 0.2) is 10.8 Å². The zero-order chi connectivity index (χ0) is 14.8. The number of nitrogens with zero attached hydrogens (tertiary/aromatic N) is 3. The molecule has 2 heterocycles. The number of aromatic amines is 1. The number of benzene rings is 1. The van der Waals surface area contributed by atoms with Gasteiger partial charge in [-0.1, -0.05) is 41.9 Å². The van der Waals surface area contributed by atoms with Gasteiger partial charge >= 0.3 is 0 Å². The van der Waals surface area contributed by atoms with E-state index in [-0.39, 0.29) is 22.9 Å². The Labute approximate surface area is 125 Å². The minimum atomic E-state index is -0.316. The van der Waals surface area contributed by atoms with Crippen LogP contribution in [0, 0.1) is 0 Å². The molecule has 3 aromatic rings. The van der Waals surface area contributed by atoms with E-state index in [0.717, 1.165) is 5.56 Å². The molecule has 21 heavy (non-hydrogen) atoms. The Morgan fingerprint density at radius 2 is 2.05 bits per heavy atom. The van der Waals surface area contributed by atoms with Crippen molar-refractivity contribution in [3.05, 3.63) is 47.4 Å². The number of nitrogens with one attached hydrogen (secondary N) is 2. The van der Waals surface area contributed by atoms with E-state index in [0.29, 0.717) is 11.2 Å². The van der Waals surface area contributed by atoms with Crippen LogP contribution in [0.4, 0.5) is 5.95 Å². The topological polar surface area (TPSA) is 83.6 Å². The smallest absolute Gasteiger partial charge is 0.233 e. The van der Waals surface area contributed by atoms with Crippen molar-refractivity contribution in [3.63, 3.8) is 0 Å². The number of halogens is 1. The van der Waals surface area contributed by atoms with Crippen LogP contribution in [-0.2, 0) is 4.79 Å². The Balaban J connectivity index is 1.83. The van der Waals surface area contributed by atoms with Crippen LogP contribution < -0.4 is 5.32 Å². The number of rotatable bonds is 3. The second kappa shape index (κ2) is 5.49. The summed E-state index contributed by atoms with van der Waals surface area (Å²) in [5.41, 5.74) is 1.88. The number of anilines is 1. The molecule has 0 bridgehead atoms. The molecule has 0 fully saturated rings. The first-order chi connectivity index (χ1) is 10.1. The van der Waals surface area contributed by atoms with Crippen molar-refractivity contribution < 1.29 is 4.79 Å². The van der Waals surface area contributed by atoms with E-state index in [4.69, 9.17) is 11.6 Å². The largest absolute Gasteiger partial charge is 0.341 e. The number of hydrogen-bond acceptors (Lipinski definition) is 4. The van der Waals surface area contributed by atoms with Gasteiger partial charge in [-0.05, 0) is 12.5 Å². The standard InChI is InChI=1S/C14H12ClN5O/c1-8(9-5-3-2-4-6-9)13(21)20-14-18-11(15)10-12(19-14)17-7-16-10/h2-8H,1H3,(H2,16,17,18,19,20,21). The normalized spacial score (nSPS) is 12.3. The summed E-state index contributed by atoms with van der Waals surface area (Å²) in [4.78, 5) is 27.3. The highest BCUT2D eigenvalue weighted by Gasteiger charge is 2.17. The SMILES string of the molecule is CC(C(=O)Nc1nc(Cl)c2[nH]cnc2n1)c1ccccc1. The molecule has 0 aliphatic rings. The van der Waals surface area contributed by atoms with Crippen molar-refractivity contribution in [2.75, 3.05) is 5.32 Å². The second-order valence-electron chi connectivity index (χ2n) is 4.56. The van der Waals surface area contributed by atoms with Gasteiger partial charge in [0.2, 0.25) is 11.9 Å². The molecule has 2 N–H and O–H groups in total. The highest BCUT2D eigenvalue weighted by Crippen LogP contribution is 2.20. The van der Waals surface area contributed by atoms with E-state index in [1.165, 1.54) is 6.33 Å². The quantitative estimate of drug-likeness (QED) is 0.729. The second-order valence-corrected chi connectivity index (χ2v) is 4.92. The lowest BCUT2D eigenvalue weighted by molar-refractivity contribution is -0.117. The van der Waals surface area contributed by atoms with Gasteiger partial charge in [-0.3, -0.25) is 10.1 Å². The monoisotopic (exact) mass is 301 g/mol. The van der Waals surface area contributed by atoms with Crippen LogP contribution in [0.3, 0.4) is 0 Å². The maximum Gasteiger partial charge on any atom is 0.233 e. The molecule has 3 rings (SSSR count). The van der Waals surface area contributed by atoms with Gasteiger partial charge in [-0.25, -0.2) is 4.98 Å². The molecule has 0 aliphatic heterocycles. The van der Waals surface area contributed by atoms with Crippen LogP contribution in [0.15, 0.2) is 36.7 Å². The third-order valence-electron chi connectivity index (χ3n) is 3.17. The van der Waals surface area contributed by atoms with Crippen LogP contribution in [0.1, 0.15) is 18.4 Å². The van der Waals surface area contributed by atoms with Gasteiger partial charge in [-0.2, -0.15) is 9.97 Å². The Hall–Kier alpha value is -2.47. The van der Waals surface area contributed by atoms with Crippen molar-refractivity contribution in [2.24, 2.45) is 0 Å². The van der Waals surface area contributed by atoms with Crippen molar-refractivity contribution in [1.29, 1.82) is 0 Å². The summed E-state index contributed by atoms with van der Waals surface area (Å²) in [6, 6.07) is 9.48. The van der Waals surface area contributed by atoms with Crippen LogP contribution in [0.25, 0.3) is 11.2 Å². The Morgan fingerprint density at radius 3 is 2.81 bits per heavy atom. The fourth-order valence-corrected chi connectivity index (χ4v) is 2.18. The summed E-state index contributed by atoms with van der Waals surface area (Å²) >= 11 is 6.01. The van der Waals surface area contributed by atoms with E-state index >= 15 is 0 Å². The average Bonchev–Trinajstić information content (AvgIpc) is 2.96. The molecule has 1 atom stereocenters. The predicted octanol–water partition coefficient (Wildman–Crippen LogP) is 2.75. The zero-order valence-electron chi connectivity index (χ0n) is 11.2. The van der Waals surface area contributed by atoms with Gasteiger partial charge in [0.1, 0.15) is 5.52 Å². The molecule has 6 nitrogen and oxygen atoms in total. The van der Waals surface area contributed by atoms with E-state index < -0.39 is 0 Å². The maximum atomic E-state index is 12.2. The Morgan fingerprint density at radius 1 is 1.29 bits per heavy atom. The predicted molar refractivity (Wildman–Crippen MR) is 80.2 cm³/mol. The first-order valence-electron chi connectivity index (χ1n) is 6.37.